The molecule has 0 radical (unpaired) electrons. The fourth-order valence-electron chi connectivity index (χ4n) is 5.06. The Hall–Kier alpha value is -2.75. The van der Waals surface area contributed by atoms with Crippen molar-refractivity contribution in [2.24, 2.45) is 0 Å². The summed E-state index contributed by atoms with van der Waals surface area (Å²) in [6.45, 7) is 26.3. The third-order valence-corrected chi connectivity index (χ3v) is 8.25. The molecule has 0 spiro atoms. The number of anilines is 2. The predicted molar refractivity (Wildman–Crippen MR) is 146 cm³/mol. The average molecular weight is 459 g/mol. The van der Waals surface area contributed by atoms with Gasteiger partial charge in [-0.3, -0.25) is 4.98 Å². The van der Waals surface area contributed by atoms with Gasteiger partial charge in [0.15, 0.2) is 0 Å². The van der Waals surface area contributed by atoms with Crippen LogP contribution in [0.5, 0.6) is 0 Å². The van der Waals surface area contributed by atoms with Gasteiger partial charge in [0.25, 0.3) is 0 Å². The molecule has 1 atom stereocenters. The van der Waals surface area contributed by atoms with E-state index in [0.717, 1.165) is 35.0 Å². The third-order valence-electron chi connectivity index (χ3n) is 8.25. The van der Waals surface area contributed by atoms with E-state index in [4.69, 9.17) is 15.0 Å². The van der Waals surface area contributed by atoms with Crippen molar-refractivity contribution in [1.29, 1.82) is 0 Å². The van der Waals surface area contributed by atoms with E-state index in [2.05, 4.69) is 95.0 Å². The second kappa shape index (κ2) is 9.48. The Bertz CT molecular complexity index is 1240. The molecule has 0 amide bonds. The van der Waals surface area contributed by atoms with E-state index in [-0.39, 0.29) is 0 Å². The van der Waals surface area contributed by atoms with Crippen LogP contribution in [0.3, 0.4) is 0 Å². The van der Waals surface area contributed by atoms with Crippen molar-refractivity contribution in [3.63, 3.8) is 0 Å². The summed E-state index contributed by atoms with van der Waals surface area (Å²) >= 11 is 0. The molecule has 0 bridgehead atoms. The van der Waals surface area contributed by atoms with Crippen molar-refractivity contribution in [2.75, 3.05) is 11.9 Å². The molecule has 0 fully saturated rings. The Kier molecular flexibility index (Phi) is 7.21. The SMILES string of the molecule is CCC(C)c1nc(C)c(C)c(-c2nc(N(C)c3c(C)c(C)c(C)c(C)c3C)nc(C)c2C)c1C. The molecule has 0 saturated heterocycles. The second-order valence-electron chi connectivity index (χ2n) is 10.1. The molecule has 0 aliphatic carbocycles. The van der Waals surface area contributed by atoms with Crippen LogP contribution in [0.4, 0.5) is 11.6 Å². The lowest BCUT2D eigenvalue weighted by Crippen LogP contribution is -2.19. The largest absolute Gasteiger partial charge is 0.313 e. The number of hydrogen-bond donors (Lipinski definition) is 0. The Labute approximate surface area is 206 Å². The maximum absolute atomic E-state index is 5.22. The Morgan fingerprint density at radius 3 is 1.65 bits per heavy atom. The standard InChI is InChI=1S/C30H42N4/c1-14-15(2)27-23(10)26(21(8)24(11)31-27)28-22(9)25(12)32-30(33-28)34(13)29-19(6)17(4)16(3)18(5)20(29)7/h15H,14H2,1-13H3. The number of hydrogen-bond acceptors (Lipinski definition) is 4. The van der Waals surface area contributed by atoms with E-state index in [1.165, 1.54) is 55.9 Å². The Balaban J connectivity index is 2.31. The molecule has 4 nitrogen and oxygen atoms in total. The molecule has 3 rings (SSSR count). The summed E-state index contributed by atoms with van der Waals surface area (Å²) in [6.07, 6.45) is 1.07. The van der Waals surface area contributed by atoms with Crippen molar-refractivity contribution >= 4 is 11.6 Å². The molecular weight excluding hydrogens is 416 g/mol. The molecular formula is C30H42N4. The summed E-state index contributed by atoms with van der Waals surface area (Å²) in [4.78, 5) is 17.3. The van der Waals surface area contributed by atoms with Crippen molar-refractivity contribution in [3.8, 4) is 11.3 Å². The summed E-state index contributed by atoms with van der Waals surface area (Å²) in [5.41, 5.74) is 16.9. The van der Waals surface area contributed by atoms with E-state index in [9.17, 15) is 0 Å². The topological polar surface area (TPSA) is 41.9 Å². The minimum Gasteiger partial charge on any atom is -0.313 e. The number of benzene rings is 1. The zero-order valence-corrected chi connectivity index (χ0v) is 23.6. The Morgan fingerprint density at radius 1 is 0.618 bits per heavy atom. The first-order valence-electron chi connectivity index (χ1n) is 12.5. The predicted octanol–water partition coefficient (Wildman–Crippen LogP) is 7.90. The van der Waals surface area contributed by atoms with Crippen LogP contribution in [-0.2, 0) is 0 Å². The van der Waals surface area contributed by atoms with Gasteiger partial charge in [-0.25, -0.2) is 9.97 Å². The zero-order valence-electron chi connectivity index (χ0n) is 23.6. The molecule has 2 heterocycles. The van der Waals surface area contributed by atoms with Crippen LogP contribution < -0.4 is 4.90 Å². The summed E-state index contributed by atoms with van der Waals surface area (Å²) in [5.74, 6) is 1.15. The summed E-state index contributed by atoms with van der Waals surface area (Å²) in [7, 11) is 2.10. The molecule has 0 N–H and O–H groups in total. The van der Waals surface area contributed by atoms with Gasteiger partial charge in [-0.05, 0) is 126 Å². The molecule has 0 aliphatic rings. The van der Waals surface area contributed by atoms with Gasteiger partial charge in [-0.15, -0.1) is 0 Å². The number of aromatic nitrogens is 3. The van der Waals surface area contributed by atoms with Crippen LogP contribution in [0, 0.1) is 69.2 Å². The van der Waals surface area contributed by atoms with Crippen LogP contribution in [0.2, 0.25) is 0 Å². The fourth-order valence-corrected chi connectivity index (χ4v) is 5.06. The fraction of sp³-hybridized carbons (Fsp3) is 0.500. The lowest BCUT2D eigenvalue weighted by Gasteiger charge is -2.27. The summed E-state index contributed by atoms with van der Waals surface area (Å²) < 4.78 is 0. The van der Waals surface area contributed by atoms with Gasteiger partial charge in [0.1, 0.15) is 0 Å². The lowest BCUT2D eigenvalue weighted by atomic mass is 9.90. The van der Waals surface area contributed by atoms with Crippen molar-refractivity contribution in [2.45, 2.75) is 95.4 Å². The first-order valence-corrected chi connectivity index (χ1v) is 12.5. The number of pyridine rings is 1. The maximum Gasteiger partial charge on any atom is 0.230 e. The smallest absolute Gasteiger partial charge is 0.230 e. The first-order chi connectivity index (χ1) is 15.8. The minimum atomic E-state index is 0.409. The van der Waals surface area contributed by atoms with Crippen LogP contribution in [0.15, 0.2) is 0 Å². The third kappa shape index (κ3) is 4.12. The van der Waals surface area contributed by atoms with Crippen LogP contribution >= 0.6 is 0 Å². The van der Waals surface area contributed by atoms with E-state index in [1.807, 2.05) is 0 Å². The van der Waals surface area contributed by atoms with Gasteiger partial charge in [0.05, 0.1) is 5.69 Å². The highest BCUT2D eigenvalue weighted by Gasteiger charge is 2.23. The minimum absolute atomic E-state index is 0.409. The van der Waals surface area contributed by atoms with E-state index in [1.54, 1.807) is 0 Å². The van der Waals surface area contributed by atoms with Crippen LogP contribution in [0.25, 0.3) is 11.3 Å². The first kappa shape index (κ1) is 25.9. The normalized spacial score (nSPS) is 12.3. The Morgan fingerprint density at radius 2 is 1.12 bits per heavy atom. The molecule has 0 saturated carbocycles. The van der Waals surface area contributed by atoms with Gasteiger partial charge in [-0.1, -0.05) is 13.8 Å². The van der Waals surface area contributed by atoms with Crippen LogP contribution in [0.1, 0.15) is 87.8 Å². The molecule has 4 heteroatoms. The van der Waals surface area contributed by atoms with E-state index in [0.29, 0.717) is 5.92 Å². The molecule has 34 heavy (non-hydrogen) atoms. The number of aryl methyl sites for hydroxylation is 2. The van der Waals surface area contributed by atoms with Crippen molar-refractivity contribution in [1.82, 2.24) is 15.0 Å². The van der Waals surface area contributed by atoms with Gasteiger partial charge >= 0.3 is 0 Å². The molecule has 3 aromatic rings. The molecule has 1 aromatic carbocycles. The second-order valence-corrected chi connectivity index (χ2v) is 10.1. The molecule has 0 aliphatic heterocycles. The molecule has 2 aromatic heterocycles. The summed E-state index contributed by atoms with van der Waals surface area (Å²) in [6, 6.07) is 0. The highest BCUT2D eigenvalue weighted by molar-refractivity contribution is 5.75. The van der Waals surface area contributed by atoms with Crippen molar-refractivity contribution in [3.05, 3.63) is 61.6 Å². The summed E-state index contributed by atoms with van der Waals surface area (Å²) in [5, 5.41) is 0. The van der Waals surface area contributed by atoms with Gasteiger partial charge < -0.3 is 4.90 Å². The van der Waals surface area contributed by atoms with Gasteiger partial charge in [-0.2, -0.15) is 0 Å². The number of rotatable bonds is 5. The maximum atomic E-state index is 5.22. The highest BCUT2D eigenvalue weighted by atomic mass is 15.2. The average Bonchev–Trinajstić information content (AvgIpc) is 2.80. The van der Waals surface area contributed by atoms with Gasteiger partial charge in [0, 0.05) is 35.4 Å². The lowest BCUT2D eigenvalue weighted by molar-refractivity contribution is 0.697. The van der Waals surface area contributed by atoms with Crippen molar-refractivity contribution < 1.29 is 0 Å². The zero-order chi connectivity index (χ0) is 25.6. The number of nitrogens with zero attached hydrogens (tertiary/aromatic N) is 4. The monoisotopic (exact) mass is 458 g/mol. The van der Waals surface area contributed by atoms with E-state index < -0.39 is 0 Å². The van der Waals surface area contributed by atoms with Gasteiger partial charge in [0.2, 0.25) is 5.95 Å². The molecule has 182 valence electrons. The van der Waals surface area contributed by atoms with E-state index >= 15 is 0 Å². The molecule has 1 unspecified atom stereocenters. The highest BCUT2D eigenvalue weighted by Crippen LogP contribution is 2.38. The van der Waals surface area contributed by atoms with Crippen LogP contribution in [-0.4, -0.2) is 22.0 Å². The quantitative estimate of drug-likeness (QED) is 0.389.